The molecule has 0 spiro atoms. The predicted octanol–water partition coefficient (Wildman–Crippen LogP) is 5.83. The molecule has 1 atom stereocenters. The van der Waals surface area contributed by atoms with Gasteiger partial charge < -0.3 is 0 Å². The monoisotopic (exact) mass is 388 g/mol. The van der Waals surface area contributed by atoms with Crippen molar-refractivity contribution in [1.29, 1.82) is 0 Å². The minimum Gasteiger partial charge on any atom is -0.204 e. The van der Waals surface area contributed by atoms with E-state index in [-0.39, 0.29) is 4.83 Å². The van der Waals surface area contributed by atoms with E-state index in [9.17, 15) is 8.78 Å². The van der Waals surface area contributed by atoms with Crippen LogP contribution in [-0.4, -0.2) is 0 Å². The topological polar surface area (TPSA) is 0 Å². The summed E-state index contributed by atoms with van der Waals surface area (Å²) in [6, 6.07) is 8.04. The summed E-state index contributed by atoms with van der Waals surface area (Å²) < 4.78 is 27.3. The number of hydrogen-bond donors (Lipinski definition) is 0. The first-order valence-corrected chi connectivity index (χ1v) is 7.46. The Kier molecular flexibility index (Phi) is 4.41. The average Bonchev–Trinajstić information content (AvgIpc) is 2.36. The molecule has 0 radical (unpaired) electrons. The van der Waals surface area contributed by atoms with Crippen molar-refractivity contribution in [2.45, 2.75) is 18.7 Å². The lowest BCUT2D eigenvalue weighted by atomic mass is 9.98. The molecule has 100 valence electrons. The summed E-state index contributed by atoms with van der Waals surface area (Å²) in [6.45, 7) is 3.99. The molecule has 19 heavy (non-hydrogen) atoms. The summed E-state index contributed by atoms with van der Waals surface area (Å²) in [7, 11) is 0. The van der Waals surface area contributed by atoms with E-state index in [2.05, 4.69) is 31.9 Å². The standard InChI is InChI=1S/C15H12Br2F2/c1-8-6-12(16)9(2)5-11(8)15(17)10-3-4-13(18)14(19)7-10/h3-7,15H,1-2H3. The number of alkyl halides is 1. The zero-order valence-electron chi connectivity index (χ0n) is 10.5. The third-order valence-electron chi connectivity index (χ3n) is 3.06. The van der Waals surface area contributed by atoms with Crippen LogP contribution in [0.25, 0.3) is 0 Å². The fourth-order valence-corrected chi connectivity index (χ4v) is 3.16. The van der Waals surface area contributed by atoms with Crippen LogP contribution in [0.2, 0.25) is 0 Å². The van der Waals surface area contributed by atoms with E-state index < -0.39 is 11.6 Å². The van der Waals surface area contributed by atoms with Gasteiger partial charge in [-0.15, -0.1) is 0 Å². The molecule has 2 aromatic carbocycles. The highest BCUT2D eigenvalue weighted by molar-refractivity contribution is 9.10. The molecule has 0 aromatic heterocycles. The van der Waals surface area contributed by atoms with Gasteiger partial charge >= 0.3 is 0 Å². The third kappa shape index (κ3) is 3.06. The van der Waals surface area contributed by atoms with Gasteiger partial charge in [0, 0.05) is 4.47 Å². The molecule has 0 N–H and O–H groups in total. The summed E-state index contributed by atoms with van der Waals surface area (Å²) in [5.41, 5.74) is 3.94. The van der Waals surface area contributed by atoms with Crippen molar-refractivity contribution in [1.82, 2.24) is 0 Å². The van der Waals surface area contributed by atoms with Crippen LogP contribution in [0.5, 0.6) is 0 Å². The Hall–Kier alpha value is -0.740. The second-order valence-electron chi connectivity index (χ2n) is 4.49. The van der Waals surface area contributed by atoms with Gasteiger partial charge in [-0.05, 0) is 54.3 Å². The van der Waals surface area contributed by atoms with Crippen LogP contribution < -0.4 is 0 Å². The molecule has 0 heterocycles. The van der Waals surface area contributed by atoms with Crippen LogP contribution in [0.1, 0.15) is 27.1 Å². The molecule has 1 unspecified atom stereocenters. The first-order chi connectivity index (χ1) is 8.90. The Morgan fingerprint density at radius 3 is 2.26 bits per heavy atom. The SMILES string of the molecule is Cc1cc(C(Br)c2ccc(F)c(F)c2)c(C)cc1Br. The Labute approximate surface area is 128 Å². The lowest BCUT2D eigenvalue weighted by molar-refractivity contribution is 0.507. The highest BCUT2D eigenvalue weighted by Crippen LogP contribution is 2.35. The van der Waals surface area contributed by atoms with Crippen molar-refractivity contribution in [3.63, 3.8) is 0 Å². The molecule has 0 saturated heterocycles. The molecule has 0 saturated carbocycles. The fraction of sp³-hybridized carbons (Fsp3) is 0.200. The van der Waals surface area contributed by atoms with Gasteiger partial charge in [-0.2, -0.15) is 0 Å². The van der Waals surface area contributed by atoms with E-state index in [1.165, 1.54) is 6.07 Å². The quantitative estimate of drug-likeness (QED) is 0.567. The van der Waals surface area contributed by atoms with Crippen molar-refractivity contribution >= 4 is 31.9 Å². The Morgan fingerprint density at radius 1 is 0.947 bits per heavy atom. The maximum atomic E-state index is 13.3. The van der Waals surface area contributed by atoms with E-state index >= 15 is 0 Å². The minimum absolute atomic E-state index is 0.158. The zero-order chi connectivity index (χ0) is 14.2. The van der Waals surface area contributed by atoms with Gasteiger partial charge in [0.1, 0.15) is 0 Å². The molecule has 0 aliphatic rings. The summed E-state index contributed by atoms with van der Waals surface area (Å²) in [4.78, 5) is -0.158. The van der Waals surface area contributed by atoms with Crippen molar-refractivity contribution in [2.24, 2.45) is 0 Å². The molecule has 0 aliphatic carbocycles. The van der Waals surface area contributed by atoms with Crippen LogP contribution in [0.4, 0.5) is 8.78 Å². The molecule has 2 aromatic rings. The van der Waals surface area contributed by atoms with Crippen LogP contribution in [0, 0.1) is 25.5 Å². The predicted molar refractivity (Wildman–Crippen MR) is 80.7 cm³/mol. The number of benzene rings is 2. The molecule has 0 nitrogen and oxygen atoms in total. The first-order valence-electron chi connectivity index (χ1n) is 5.76. The van der Waals surface area contributed by atoms with Gasteiger partial charge in [0.25, 0.3) is 0 Å². The van der Waals surface area contributed by atoms with Crippen LogP contribution in [-0.2, 0) is 0 Å². The van der Waals surface area contributed by atoms with Crippen LogP contribution in [0.15, 0.2) is 34.8 Å². The Balaban J connectivity index is 2.46. The van der Waals surface area contributed by atoms with Gasteiger partial charge in [-0.25, -0.2) is 8.78 Å². The number of hydrogen-bond acceptors (Lipinski definition) is 0. The molecule has 0 bridgehead atoms. The molecule has 2 rings (SSSR count). The molecule has 4 heteroatoms. The molecule has 0 aliphatic heterocycles. The number of rotatable bonds is 2. The number of halogens is 4. The summed E-state index contributed by atoms with van der Waals surface area (Å²) in [5.74, 6) is -1.65. The van der Waals surface area contributed by atoms with E-state index in [0.29, 0.717) is 5.56 Å². The largest absolute Gasteiger partial charge is 0.204 e. The van der Waals surface area contributed by atoms with E-state index in [1.807, 2.05) is 26.0 Å². The zero-order valence-corrected chi connectivity index (χ0v) is 13.6. The maximum Gasteiger partial charge on any atom is 0.159 e. The van der Waals surface area contributed by atoms with Crippen molar-refractivity contribution < 1.29 is 8.78 Å². The Bertz CT molecular complexity index is 624. The highest BCUT2D eigenvalue weighted by Gasteiger charge is 2.16. The lowest BCUT2D eigenvalue weighted by Gasteiger charge is -2.15. The van der Waals surface area contributed by atoms with E-state index in [1.54, 1.807) is 6.07 Å². The second-order valence-corrected chi connectivity index (χ2v) is 6.26. The van der Waals surface area contributed by atoms with Gasteiger partial charge in [-0.3, -0.25) is 0 Å². The lowest BCUT2D eigenvalue weighted by Crippen LogP contribution is -1.99. The summed E-state index contributed by atoms with van der Waals surface area (Å²) in [5, 5.41) is 0. The van der Waals surface area contributed by atoms with Gasteiger partial charge in [0.15, 0.2) is 11.6 Å². The van der Waals surface area contributed by atoms with Crippen LogP contribution in [0.3, 0.4) is 0 Å². The van der Waals surface area contributed by atoms with Gasteiger partial charge in [0.2, 0.25) is 0 Å². The Morgan fingerprint density at radius 2 is 1.63 bits per heavy atom. The molecule has 0 amide bonds. The van der Waals surface area contributed by atoms with Crippen molar-refractivity contribution in [2.75, 3.05) is 0 Å². The first kappa shape index (κ1) is 14.7. The van der Waals surface area contributed by atoms with Gasteiger partial charge in [0.05, 0.1) is 4.83 Å². The second kappa shape index (κ2) is 5.71. The van der Waals surface area contributed by atoms with Crippen molar-refractivity contribution in [3.05, 3.63) is 68.7 Å². The fourth-order valence-electron chi connectivity index (χ4n) is 1.93. The summed E-state index contributed by atoms with van der Waals surface area (Å²) >= 11 is 7.04. The average molecular weight is 390 g/mol. The van der Waals surface area contributed by atoms with Crippen molar-refractivity contribution in [3.8, 4) is 0 Å². The highest BCUT2D eigenvalue weighted by atomic mass is 79.9. The molecular weight excluding hydrogens is 378 g/mol. The molecule has 0 fully saturated rings. The third-order valence-corrected chi connectivity index (χ3v) is 4.93. The van der Waals surface area contributed by atoms with Gasteiger partial charge in [-0.1, -0.05) is 44.0 Å². The normalized spacial score (nSPS) is 12.5. The molecular formula is C15H12Br2F2. The minimum atomic E-state index is -0.827. The smallest absolute Gasteiger partial charge is 0.159 e. The maximum absolute atomic E-state index is 13.3. The number of aryl methyl sites for hydroxylation is 2. The summed E-state index contributed by atoms with van der Waals surface area (Å²) in [6.07, 6.45) is 0. The van der Waals surface area contributed by atoms with Crippen LogP contribution >= 0.6 is 31.9 Å². The van der Waals surface area contributed by atoms with E-state index in [4.69, 9.17) is 0 Å². The van der Waals surface area contributed by atoms with E-state index in [0.717, 1.165) is 27.2 Å².